The third-order valence-electron chi connectivity index (χ3n) is 7.25. The average molecular weight is 647 g/mol. The zero-order valence-electron chi connectivity index (χ0n) is 29.1. The lowest BCUT2D eigenvalue weighted by Gasteiger charge is -2.24. The second kappa shape index (κ2) is 29.4. The lowest BCUT2D eigenvalue weighted by atomic mass is 10.1. The molecular formula is C35H69NO7P+. The highest BCUT2D eigenvalue weighted by molar-refractivity contribution is 7.47. The lowest BCUT2D eigenvalue weighted by Crippen LogP contribution is -2.37. The molecule has 0 radical (unpaired) electrons. The summed E-state index contributed by atoms with van der Waals surface area (Å²) < 4.78 is 34.7. The van der Waals surface area contributed by atoms with Gasteiger partial charge in [-0.2, -0.15) is 0 Å². The fourth-order valence-electron chi connectivity index (χ4n) is 4.47. The van der Waals surface area contributed by atoms with Crippen molar-refractivity contribution in [2.24, 2.45) is 0 Å². The largest absolute Gasteiger partial charge is 0.472 e. The number of rotatable bonds is 32. The van der Waals surface area contributed by atoms with Gasteiger partial charge in [0.1, 0.15) is 19.3 Å². The molecule has 9 heteroatoms. The van der Waals surface area contributed by atoms with Crippen LogP contribution in [0.4, 0.5) is 0 Å². The maximum Gasteiger partial charge on any atom is 0.472 e. The van der Waals surface area contributed by atoms with E-state index >= 15 is 0 Å². The molecule has 0 amide bonds. The summed E-state index contributed by atoms with van der Waals surface area (Å²) in [6, 6.07) is 0. The van der Waals surface area contributed by atoms with Gasteiger partial charge in [0.2, 0.25) is 0 Å². The predicted molar refractivity (Wildman–Crippen MR) is 183 cm³/mol. The molecule has 0 saturated heterocycles. The second-order valence-electron chi connectivity index (χ2n) is 12.9. The molecule has 0 heterocycles. The van der Waals surface area contributed by atoms with E-state index in [2.05, 4.69) is 38.2 Å². The maximum atomic E-state index is 12.5. The van der Waals surface area contributed by atoms with Gasteiger partial charge in [0, 0.05) is 13.0 Å². The summed E-state index contributed by atoms with van der Waals surface area (Å²) in [4.78, 5) is 22.6. The quantitative estimate of drug-likeness (QED) is 0.0256. The summed E-state index contributed by atoms with van der Waals surface area (Å²) in [6.45, 7) is 5.49. The number of hydrogen-bond donors (Lipinski definition) is 1. The molecule has 1 N–H and O–H groups in total. The van der Waals surface area contributed by atoms with E-state index in [1.54, 1.807) is 0 Å². The zero-order valence-corrected chi connectivity index (χ0v) is 30.0. The third kappa shape index (κ3) is 32.4. The molecule has 0 bridgehead atoms. The molecule has 0 aliphatic rings. The SMILES string of the molecule is CCC/C=C\C/C=C\CCCCCCCCOCC(COP(=O)(O)OCC[N+](C)(C)C)OC(=O)CCCCCCCCCC. The number of quaternary nitrogens is 1. The van der Waals surface area contributed by atoms with Crippen LogP contribution in [0.25, 0.3) is 0 Å². The van der Waals surface area contributed by atoms with Crippen LogP contribution in [0.1, 0.15) is 136 Å². The number of unbranched alkanes of at least 4 members (excludes halogenated alkanes) is 14. The highest BCUT2D eigenvalue weighted by atomic mass is 31.2. The zero-order chi connectivity index (χ0) is 32.8. The van der Waals surface area contributed by atoms with Crippen LogP contribution < -0.4 is 0 Å². The Kier molecular flexibility index (Phi) is 28.7. The van der Waals surface area contributed by atoms with E-state index in [0.717, 1.165) is 44.9 Å². The fraction of sp³-hybridized carbons (Fsp3) is 0.857. The molecule has 44 heavy (non-hydrogen) atoms. The summed E-state index contributed by atoms with van der Waals surface area (Å²) in [5.74, 6) is -0.324. The summed E-state index contributed by atoms with van der Waals surface area (Å²) in [7, 11) is 1.66. The van der Waals surface area contributed by atoms with Crippen molar-refractivity contribution in [2.75, 3.05) is 54.1 Å². The van der Waals surface area contributed by atoms with Crippen LogP contribution in [0.3, 0.4) is 0 Å². The Morgan fingerprint density at radius 2 is 1.30 bits per heavy atom. The Bertz CT molecular complexity index is 767. The Labute approximate surface area is 271 Å². The number of esters is 1. The van der Waals surface area contributed by atoms with E-state index in [9.17, 15) is 14.3 Å². The standard InChI is InChI=1S/C35H68NO7P/c1-6-8-10-12-14-16-17-18-19-20-21-23-25-27-30-40-32-34(33-42-44(38,39)41-31-29-36(3,4)5)43-35(37)28-26-24-22-15-13-11-9-7-2/h10,12,16-17,34H,6-9,11,13-15,18-33H2,1-5H3/p+1/b12-10-,17-16-. The smallest absolute Gasteiger partial charge is 0.457 e. The number of nitrogens with zero attached hydrogens (tertiary/aromatic N) is 1. The topological polar surface area (TPSA) is 91.3 Å². The van der Waals surface area contributed by atoms with Crippen LogP contribution in [0.15, 0.2) is 24.3 Å². The van der Waals surface area contributed by atoms with E-state index in [1.165, 1.54) is 70.6 Å². The number of allylic oxidation sites excluding steroid dienone is 4. The molecule has 8 nitrogen and oxygen atoms in total. The molecule has 0 aromatic heterocycles. The van der Waals surface area contributed by atoms with Gasteiger partial charge in [-0.15, -0.1) is 0 Å². The first-order valence-corrected chi connectivity index (χ1v) is 19.1. The van der Waals surface area contributed by atoms with Crippen molar-refractivity contribution < 1.29 is 37.3 Å². The number of carbonyl (C=O) groups is 1. The van der Waals surface area contributed by atoms with E-state index in [-0.39, 0.29) is 25.8 Å². The van der Waals surface area contributed by atoms with Crippen LogP contribution in [-0.4, -0.2) is 75.6 Å². The molecule has 260 valence electrons. The van der Waals surface area contributed by atoms with Gasteiger partial charge in [-0.3, -0.25) is 13.8 Å². The second-order valence-corrected chi connectivity index (χ2v) is 14.4. The predicted octanol–water partition coefficient (Wildman–Crippen LogP) is 9.32. The molecule has 0 spiro atoms. The Balaban J connectivity index is 4.31. The average Bonchev–Trinajstić information content (AvgIpc) is 2.96. The van der Waals surface area contributed by atoms with E-state index < -0.39 is 13.9 Å². The van der Waals surface area contributed by atoms with Crippen molar-refractivity contribution in [3.8, 4) is 0 Å². The molecular weight excluding hydrogens is 577 g/mol. The first kappa shape index (κ1) is 43.0. The molecule has 0 rings (SSSR count). The van der Waals surface area contributed by atoms with E-state index in [4.69, 9.17) is 18.5 Å². The van der Waals surface area contributed by atoms with Crippen LogP contribution in [0.5, 0.6) is 0 Å². The van der Waals surface area contributed by atoms with Gasteiger partial charge in [-0.05, 0) is 38.5 Å². The third-order valence-corrected chi connectivity index (χ3v) is 8.23. The molecule has 0 aromatic carbocycles. The van der Waals surface area contributed by atoms with E-state index in [0.29, 0.717) is 24.1 Å². The number of ether oxygens (including phenoxy) is 2. The number of phosphoric ester groups is 1. The van der Waals surface area contributed by atoms with Crippen molar-refractivity contribution in [1.82, 2.24) is 0 Å². The molecule has 2 atom stereocenters. The van der Waals surface area contributed by atoms with Gasteiger partial charge in [-0.1, -0.05) is 115 Å². The van der Waals surface area contributed by atoms with Crippen LogP contribution in [-0.2, 0) is 27.9 Å². The molecule has 0 aliphatic carbocycles. The highest BCUT2D eigenvalue weighted by Crippen LogP contribution is 2.43. The Morgan fingerprint density at radius 1 is 0.705 bits per heavy atom. The molecule has 0 aliphatic heterocycles. The minimum atomic E-state index is -4.26. The van der Waals surface area contributed by atoms with Crippen molar-refractivity contribution in [3.63, 3.8) is 0 Å². The van der Waals surface area contributed by atoms with Gasteiger partial charge in [0.15, 0.2) is 0 Å². The van der Waals surface area contributed by atoms with Crippen molar-refractivity contribution in [2.45, 2.75) is 142 Å². The number of hydrogen-bond acceptors (Lipinski definition) is 6. The Hall–Kier alpha value is -1.02. The lowest BCUT2D eigenvalue weighted by molar-refractivity contribution is -0.870. The molecule has 0 saturated carbocycles. The fourth-order valence-corrected chi connectivity index (χ4v) is 5.21. The van der Waals surface area contributed by atoms with E-state index in [1.807, 2.05) is 21.1 Å². The summed E-state index contributed by atoms with van der Waals surface area (Å²) in [5, 5.41) is 0. The number of likely N-dealkylation sites (N-methyl/N-ethyl adjacent to an activating group) is 1. The van der Waals surface area contributed by atoms with Gasteiger partial charge in [0.25, 0.3) is 0 Å². The number of carbonyl (C=O) groups excluding carboxylic acids is 1. The minimum Gasteiger partial charge on any atom is -0.457 e. The molecule has 2 unspecified atom stereocenters. The summed E-state index contributed by atoms with van der Waals surface area (Å²) >= 11 is 0. The van der Waals surface area contributed by atoms with Gasteiger partial charge >= 0.3 is 13.8 Å². The maximum absolute atomic E-state index is 12.5. The van der Waals surface area contributed by atoms with Gasteiger partial charge in [0.05, 0.1) is 34.4 Å². The minimum absolute atomic E-state index is 0.0874. The Morgan fingerprint density at radius 3 is 1.93 bits per heavy atom. The van der Waals surface area contributed by atoms with Gasteiger partial charge in [-0.25, -0.2) is 4.57 Å². The monoisotopic (exact) mass is 646 g/mol. The summed E-state index contributed by atoms with van der Waals surface area (Å²) in [6.07, 6.45) is 29.2. The van der Waals surface area contributed by atoms with Crippen molar-refractivity contribution >= 4 is 13.8 Å². The molecule has 0 fully saturated rings. The van der Waals surface area contributed by atoms with Crippen LogP contribution in [0, 0.1) is 0 Å². The van der Waals surface area contributed by atoms with Crippen molar-refractivity contribution in [3.05, 3.63) is 24.3 Å². The molecule has 0 aromatic rings. The first-order valence-electron chi connectivity index (χ1n) is 17.6. The first-order chi connectivity index (χ1) is 21.1. The van der Waals surface area contributed by atoms with Crippen molar-refractivity contribution in [1.29, 1.82) is 0 Å². The van der Waals surface area contributed by atoms with Gasteiger partial charge < -0.3 is 18.9 Å². The summed E-state index contributed by atoms with van der Waals surface area (Å²) in [5.41, 5.74) is 0. The number of phosphoric acid groups is 1. The normalized spacial score (nSPS) is 14.4. The van der Waals surface area contributed by atoms with Crippen LogP contribution in [0.2, 0.25) is 0 Å². The van der Waals surface area contributed by atoms with Crippen LogP contribution >= 0.6 is 7.82 Å². The highest BCUT2D eigenvalue weighted by Gasteiger charge is 2.26.